The van der Waals surface area contributed by atoms with Crippen LogP contribution in [-0.4, -0.2) is 48.2 Å². The maximum absolute atomic E-state index is 14.3. The Balaban J connectivity index is 1.42. The van der Waals surface area contributed by atoms with Gasteiger partial charge in [0, 0.05) is 27.8 Å². The third-order valence-electron chi connectivity index (χ3n) is 8.41. The molecule has 0 saturated carbocycles. The monoisotopic (exact) mass is 540 g/mol. The molecular weight excluding hydrogens is 512 g/mol. The summed E-state index contributed by atoms with van der Waals surface area (Å²) in [5, 5.41) is 7.16. The van der Waals surface area contributed by atoms with E-state index < -0.39 is 5.41 Å². The zero-order chi connectivity index (χ0) is 23.4. The number of benzene rings is 2. The van der Waals surface area contributed by atoms with E-state index in [2.05, 4.69) is 50.9 Å². The topological polar surface area (TPSA) is 39.2 Å². The van der Waals surface area contributed by atoms with E-state index in [4.69, 9.17) is 16.7 Å². The number of likely N-dealkylation sites (tertiary alicyclic amines) is 1. The van der Waals surface area contributed by atoms with Crippen molar-refractivity contribution >= 4 is 50.5 Å². The highest BCUT2D eigenvalue weighted by Crippen LogP contribution is 2.50. The maximum atomic E-state index is 14.3. The molecule has 6 rings (SSSR count). The number of carbonyl (C=O) groups is 1. The molecule has 5 nitrogen and oxygen atoms in total. The molecular formula is C27H30BrClN4O. The number of carbonyl (C=O) groups excluding carboxylic acids is 1. The average molecular weight is 542 g/mol. The lowest BCUT2D eigenvalue weighted by atomic mass is 9.65. The Morgan fingerprint density at radius 1 is 1.06 bits per heavy atom. The lowest BCUT2D eigenvalue weighted by molar-refractivity contribution is -0.125. The van der Waals surface area contributed by atoms with E-state index in [0.29, 0.717) is 17.5 Å². The highest BCUT2D eigenvalue weighted by molar-refractivity contribution is 9.10. The van der Waals surface area contributed by atoms with Gasteiger partial charge in [-0.1, -0.05) is 34.0 Å². The number of fused-ring (bicyclic) bond motifs is 4. The number of piperidine rings is 2. The van der Waals surface area contributed by atoms with Crippen molar-refractivity contribution in [1.29, 1.82) is 0 Å². The molecule has 2 saturated heterocycles. The Kier molecular flexibility index (Phi) is 5.74. The van der Waals surface area contributed by atoms with Crippen molar-refractivity contribution in [2.24, 2.45) is 10.5 Å². The first-order valence-electron chi connectivity index (χ1n) is 12.4. The molecule has 4 heterocycles. The fourth-order valence-corrected chi connectivity index (χ4v) is 7.22. The van der Waals surface area contributed by atoms with Crippen LogP contribution < -0.4 is 9.91 Å². The number of hydrazone groups is 1. The minimum atomic E-state index is -0.651. The van der Waals surface area contributed by atoms with E-state index in [9.17, 15) is 4.79 Å². The van der Waals surface area contributed by atoms with Crippen molar-refractivity contribution in [2.75, 3.05) is 29.5 Å². The molecule has 2 aromatic carbocycles. The van der Waals surface area contributed by atoms with Crippen molar-refractivity contribution in [2.45, 2.75) is 57.5 Å². The fraction of sp³-hybridized carbons (Fsp3) is 0.481. The summed E-state index contributed by atoms with van der Waals surface area (Å²) in [6, 6.07) is 14.6. The van der Waals surface area contributed by atoms with Gasteiger partial charge in [-0.3, -0.25) is 4.79 Å². The molecule has 1 amide bonds. The molecule has 2 fully saturated rings. The normalized spacial score (nSPS) is 29.3. The zero-order valence-electron chi connectivity index (χ0n) is 19.5. The first-order valence-corrected chi connectivity index (χ1v) is 13.6. The second-order valence-corrected chi connectivity index (χ2v) is 11.5. The first kappa shape index (κ1) is 22.6. The molecule has 2 aromatic rings. The molecule has 0 aliphatic carbocycles. The number of rotatable bonds is 2. The van der Waals surface area contributed by atoms with Gasteiger partial charge < -0.3 is 9.80 Å². The molecule has 3 atom stereocenters. The van der Waals surface area contributed by atoms with Gasteiger partial charge in [-0.2, -0.15) is 10.1 Å². The van der Waals surface area contributed by atoms with Gasteiger partial charge in [-0.25, -0.2) is 0 Å². The van der Waals surface area contributed by atoms with Gasteiger partial charge in [0.2, 0.25) is 0 Å². The van der Waals surface area contributed by atoms with E-state index in [0.717, 1.165) is 35.3 Å². The predicted octanol–water partition coefficient (Wildman–Crippen LogP) is 5.89. The van der Waals surface area contributed by atoms with Crippen LogP contribution in [0.4, 0.5) is 11.4 Å². The predicted molar refractivity (Wildman–Crippen MR) is 142 cm³/mol. The fourth-order valence-electron chi connectivity index (χ4n) is 6.68. The summed E-state index contributed by atoms with van der Waals surface area (Å²) < 4.78 is 1.05. The van der Waals surface area contributed by atoms with Crippen LogP contribution in [0, 0.1) is 5.41 Å². The van der Waals surface area contributed by atoms with Gasteiger partial charge in [0.15, 0.2) is 0 Å². The number of hydrogen-bond acceptors (Lipinski definition) is 4. The third-order valence-corrected chi connectivity index (χ3v) is 9.16. The quantitative estimate of drug-likeness (QED) is 0.476. The smallest absolute Gasteiger partial charge is 0.261 e. The highest BCUT2D eigenvalue weighted by atomic mass is 79.9. The number of amides is 1. The van der Waals surface area contributed by atoms with Gasteiger partial charge >= 0.3 is 0 Å². The van der Waals surface area contributed by atoms with E-state index in [-0.39, 0.29) is 11.9 Å². The van der Waals surface area contributed by atoms with Crippen molar-refractivity contribution in [1.82, 2.24) is 4.90 Å². The van der Waals surface area contributed by atoms with Crippen LogP contribution in [0.25, 0.3) is 0 Å². The summed E-state index contributed by atoms with van der Waals surface area (Å²) in [6.07, 6.45) is 6.75. The van der Waals surface area contributed by atoms with Crippen molar-refractivity contribution in [3.63, 3.8) is 0 Å². The summed E-state index contributed by atoms with van der Waals surface area (Å²) in [5.41, 5.74) is 3.55. The maximum Gasteiger partial charge on any atom is 0.261 e. The van der Waals surface area contributed by atoms with Crippen LogP contribution >= 0.6 is 27.5 Å². The third kappa shape index (κ3) is 3.52. The number of nitrogens with zero attached hydrogens (tertiary/aromatic N) is 4. The molecule has 178 valence electrons. The zero-order valence-corrected chi connectivity index (χ0v) is 21.9. The molecule has 4 aliphatic rings. The van der Waals surface area contributed by atoms with Crippen LogP contribution in [0.3, 0.4) is 0 Å². The van der Waals surface area contributed by atoms with Crippen LogP contribution in [0.1, 0.15) is 44.6 Å². The van der Waals surface area contributed by atoms with Gasteiger partial charge in [0.25, 0.3) is 5.91 Å². The number of halogens is 2. The van der Waals surface area contributed by atoms with Gasteiger partial charge in [0.05, 0.1) is 17.4 Å². The largest absolute Gasteiger partial charge is 0.367 e. The minimum Gasteiger partial charge on any atom is -0.367 e. The second-order valence-electron chi connectivity index (χ2n) is 10.2. The van der Waals surface area contributed by atoms with Crippen LogP contribution in [-0.2, 0) is 11.2 Å². The standard InChI is InChI=1S/C27H30BrClN4O/c1-18-27(26(34)33(30-18)22-8-6-21(29)7-9-22)17-19-15-20(28)5-10-24(19)32-14-11-23(16-25(27)32)31-12-3-2-4-13-31/h5-10,15,23,25H,2-4,11-14,16-17H2,1H3/t23-,25-,27+/m0/s1. The molecule has 7 heteroatoms. The Bertz CT molecular complexity index is 1150. The molecule has 4 aliphatic heterocycles. The van der Waals surface area contributed by atoms with Crippen LogP contribution in [0.2, 0.25) is 5.02 Å². The van der Waals surface area contributed by atoms with E-state index >= 15 is 0 Å². The van der Waals surface area contributed by atoms with E-state index in [1.807, 2.05) is 24.3 Å². The number of anilines is 2. The van der Waals surface area contributed by atoms with Crippen molar-refractivity contribution in [3.05, 3.63) is 57.5 Å². The molecule has 0 N–H and O–H groups in total. The van der Waals surface area contributed by atoms with Crippen molar-refractivity contribution in [3.8, 4) is 0 Å². The minimum absolute atomic E-state index is 0.0900. The SMILES string of the molecule is CC1=NN(c2ccc(Cl)cc2)C(=O)[C@]12Cc1cc(Br)ccc1N1CC[C@H](N3CCCCC3)C[C@H]12. The van der Waals surface area contributed by atoms with Crippen molar-refractivity contribution < 1.29 is 4.79 Å². The summed E-state index contributed by atoms with van der Waals surface area (Å²) in [6.45, 7) is 5.40. The second kappa shape index (κ2) is 8.65. The lowest BCUT2D eigenvalue weighted by Gasteiger charge is -2.54. The molecule has 0 aromatic heterocycles. The van der Waals surface area contributed by atoms with E-state index in [1.165, 1.54) is 43.6 Å². The molecule has 1 spiro atoms. The summed E-state index contributed by atoms with van der Waals surface area (Å²) >= 11 is 9.78. The number of hydrogen-bond donors (Lipinski definition) is 0. The lowest BCUT2D eigenvalue weighted by Crippen LogP contribution is -2.64. The average Bonchev–Trinajstić information content (AvgIpc) is 3.10. The molecule has 0 radical (unpaired) electrons. The van der Waals surface area contributed by atoms with Crippen LogP contribution in [0.5, 0.6) is 0 Å². The summed E-state index contributed by atoms with van der Waals surface area (Å²) in [7, 11) is 0. The Labute approximate surface area is 214 Å². The summed E-state index contributed by atoms with van der Waals surface area (Å²) in [5.74, 6) is 0.0900. The molecule has 0 bridgehead atoms. The summed E-state index contributed by atoms with van der Waals surface area (Å²) in [4.78, 5) is 19.5. The molecule has 0 unspecified atom stereocenters. The van der Waals surface area contributed by atoms with Gasteiger partial charge in [-0.15, -0.1) is 0 Å². The van der Waals surface area contributed by atoms with Gasteiger partial charge in [0.1, 0.15) is 5.41 Å². The van der Waals surface area contributed by atoms with Gasteiger partial charge in [-0.05, 0) is 100 Å². The first-order chi connectivity index (χ1) is 16.5. The van der Waals surface area contributed by atoms with Crippen LogP contribution in [0.15, 0.2) is 52.0 Å². The highest BCUT2D eigenvalue weighted by Gasteiger charge is 2.60. The Hall–Kier alpha value is -1.89. The van der Waals surface area contributed by atoms with E-state index in [1.54, 1.807) is 5.01 Å². The Morgan fingerprint density at radius 3 is 2.59 bits per heavy atom. The Morgan fingerprint density at radius 2 is 1.82 bits per heavy atom. The molecule has 34 heavy (non-hydrogen) atoms.